The second-order valence-corrected chi connectivity index (χ2v) is 9.65. The molecule has 0 amide bonds. The summed E-state index contributed by atoms with van der Waals surface area (Å²) < 4.78 is 2.29. The third kappa shape index (κ3) is 4.34. The molecule has 31 heavy (non-hydrogen) atoms. The van der Waals surface area contributed by atoms with Gasteiger partial charge in [-0.2, -0.15) is 0 Å². The molecule has 0 unspecified atom stereocenters. The highest BCUT2D eigenvalue weighted by Gasteiger charge is 2.39. The van der Waals surface area contributed by atoms with Gasteiger partial charge in [0.15, 0.2) is 5.78 Å². The van der Waals surface area contributed by atoms with Gasteiger partial charge in [-0.15, -0.1) is 0 Å². The minimum Gasteiger partial charge on any atom is -0.347 e. The van der Waals surface area contributed by atoms with E-state index in [-0.39, 0.29) is 5.78 Å². The van der Waals surface area contributed by atoms with Gasteiger partial charge in [0.05, 0.1) is 0 Å². The Bertz CT molecular complexity index is 1020. The maximum Gasteiger partial charge on any atom is 0.161 e. The molecule has 2 fully saturated rings. The predicted octanol–water partition coefficient (Wildman–Crippen LogP) is 6.11. The topological polar surface area (TPSA) is 25.2 Å². The Labute approximate surface area is 186 Å². The standard InChI is InChI=1S/C28H34N2O/c1-21(31)27-20-29(28-11-6-5-10-26(27)28)16-7-17-30-24-14-15-25(30)19-23(18-24)13-12-22-8-3-2-4-9-22/h2-6,8-11,20,23-25H,7,12-19H2,1H3/t23-,24+,25-. The van der Waals surface area contributed by atoms with Gasteiger partial charge in [0.2, 0.25) is 0 Å². The van der Waals surface area contributed by atoms with Crippen LogP contribution in [0.3, 0.4) is 0 Å². The van der Waals surface area contributed by atoms with Crippen LogP contribution in [0.25, 0.3) is 10.9 Å². The molecule has 1 aromatic heterocycles. The van der Waals surface area contributed by atoms with E-state index in [1.807, 2.05) is 6.07 Å². The molecular weight excluding hydrogens is 380 g/mol. The molecule has 2 aliphatic heterocycles. The Morgan fingerprint density at radius 1 is 0.935 bits per heavy atom. The van der Waals surface area contributed by atoms with Crippen molar-refractivity contribution in [1.29, 1.82) is 0 Å². The molecule has 0 spiro atoms. The van der Waals surface area contributed by atoms with Crippen molar-refractivity contribution in [3.05, 3.63) is 71.9 Å². The summed E-state index contributed by atoms with van der Waals surface area (Å²) in [6, 6.07) is 20.9. The minimum atomic E-state index is 0.158. The number of fused-ring (bicyclic) bond motifs is 3. The van der Waals surface area contributed by atoms with Gasteiger partial charge in [-0.25, -0.2) is 0 Å². The van der Waals surface area contributed by atoms with Crippen molar-refractivity contribution >= 4 is 16.7 Å². The Morgan fingerprint density at radius 2 is 1.65 bits per heavy atom. The summed E-state index contributed by atoms with van der Waals surface area (Å²) in [6.07, 6.45) is 11.3. The zero-order chi connectivity index (χ0) is 21.2. The van der Waals surface area contributed by atoms with E-state index in [0.29, 0.717) is 0 Å². The molecule has 2 aliphatic rings. The molecule has 3 nitrogen and oxygen atoms in total. The highest BCUT2D eigenvalue weighted by atomic mass is 16.1. The molecule has 0 radical (unpaired) electrons. The molecule has 3 atom stereocenters. The molecule has 3 aromatic rings. The number of rotatable bonds is 8. The third-order valence-electron chi connectivity index (χ3n) is 7.65. The van der Waals surface area contributed by atoms with E-state index >= 15 is 0 Å². The fraction of sp³-hybridized carbons (Fsp3) is 0.464. The van der Waals surface area contributed by atoms with Gasteiger partial charge in [0, 0.05) is 47.8 Å². The number of benzene rings is 2. The molecule has 0 N–H and O–H groups in total. The number of hydrogen-bond acceptors (Lipinski definition) is 2. The number of para-hydroxylation sites is 1. The Morgan fingerprint density at radius 3 is 2.39 bits per heavy atom. The SMILES string of the molecule is CC(=O)c1cn(CCCN2[C@@H]3CC[C@H]2C[C@@H](CCc2ccccc2)C3)c2ccccc12. The van der Waals surface area contributed by atoms with Crippen LogP contribution in [0.4, 0.5) is 0 Å². The quantitative estimate of drug-likeness (QED) is 0.416. The molecule has 2 saturated heterocycles. The van der Waals surface area contributed by atoms with Gasteiger partial charge in [-0.05, 0) is 69.4 Å². The lowest BCUT2D eigenvalue weighted by molar-refractivity contribution is 0.0978. The first-order chi connectivity index (χ1) is 15.2. The predicted molar refractivity (Wildman–Crippen MR) is 128 cm³/mol. The van der Waals surface area contributed by atoms with Gasteiger partial charge >= 0.3 is 0 Å². The first-order valence-corrected chi connectivity index (χ1v) is 12.1. The first kappa shape index (κ1) is 20.5. The van der Waals surface area contributed by atoms with Crippen LogP contribution in [0.5, 0.6) is 0 Å². The molecule has 0 aliphatic carbocycles. The third-order valence-corrected chi connectivity index (χ3v) is 7.65. The van der Waals surface area contributed by atoms with E-state index in [0.717, 1.165) is 41.9 Å². The van der Waals surface area contributed by atoms with E-state index in [4.69, 9.17) is 0 Å². The van der Waals surface area contributed by atoms with Crippen molar-refractivity contribution in [2.75, 3.05) is 6.54 Å². The van der Waals surface area contributed by atoms with E-state index in [2.05, 4.69) is 64.2 Å². The molecule has 0 saturated carbocycles. The lowest BCUT2D eigenvalue weighted by Gasteiger charge is -2.39. The van der Waals surface area contributed by atoms with Gasteiger partial charge in [-0.1, -0.05) is 48.5 Å². The smallest absolute Gasteiger partial charge is 0.161 e. The van der Waals surface area contributed by atoms with Crippen molar-refractivity contribution in [3.8, 4) is 0 Å². The second-order valence-electron chi connectivity index (χ2n) is 9.65. The molecule has 3 heterocycles. The number of aromatic nitrogens is 1. The zero-order valence-electron chi connectivity index (χ0n) is 18.7. The summed E-state index contributed by atoms with van der Waals surface area (Å²) in [4.78, 5) is 14.9. The monoisotopic (exact) mass is 414 g/mol. The van der Waals surface area contributed by atoms with Crippen molar-refractivity contribution in [2.45, 2.75) is 70.5 Å². The van der Waals surface area contributed by atoms with E-state index in [1.165, 1.54) is 56.1 Å². The van der Waals surface area contributed by atoms with Crippen molar-refractivity contribution < 1.29 is 4.79 Å². The molecule has 5 rings (SSSR count). The lowest BCUT2D eigenvalue weighted by atomic mass is 9.86. The molecule has 2 aromatic carbocycles. The number of ketones is 1. The summed E-state index contributed by atoms with van der Waals surface area (Å²) in [7, 11) is 0. The maximum atomic E-state index is 12.0. The average Bonchev–Trinajstić information content (AvgIpc) is 3.27. The van der Waals surface area contributed by atoms with Crippen LogP contribution in [0.1, 0.15) is 61.4 Å². The summed E-state index contributed by atoms with van der Waals surface area (Å²) in [6.45, 7) is 3.84. The number of carbonyl (C=O) groups excluding carboxylic acids is 1. The highest BCUT2D eigenvalue weighted by Crippen LogP contribution is 2.40. The summed E-state index contributed by atoms with van der Waals surface area (Å²) in [5, 5.41) is 1.09. The van der Waals surface area contributed by atoms with Crippen LogP contribution < -0.4 is 0 Å². The van der Waals surface area contributed by atoms with Crippen LogP contribution in [0, 0.1) is 5.92 Å². The number of piperidine rings is 1. The molecule has 2 bridgehead atoms. The van der Waals surface area contributed by atoms with E-state index in [9.17, 15) is 4.79 Å². The van der Waals surface area contributed by atoms with Crippen LogP contribution in [-0.4, -0.2) is 33.9 Å². The van der Waals surface area contributed by atoms with Crippen molar-refractivity contribution in [3.63, 3.8) is 0 Å². The van der Waals surface area contributed by atoms with Gasteiger partial charge in [-0.3, -0.25) is 9.69 Å². The zero-order valence-corrected chi connectivity index (χ0v) is 18.7. The number of Topliss-reactive ketones (excluding diaryl/α,β-unsaturated/α-hetero) is 1. The second kappa shape index (κ2) is 9.00. The van der Waals surface area contributed by atoms with Crippen LogP contribution in [0.2, 0.25) is 0 Å². The minimum absolute atomic E-state index is 0.158. The van der Waals surface area contributed by atoms with E-state index < -0.39 is 0 Å². The summed E-state index contributed by atoms with van der Waals surface area (Å²) in [5.74, 6) is 1.05. The van der Waals surface area contributed by atoms with Gasteiger partial charge in [0.25, 0.3) is 0 Å². The van der Waals surface area contributed by atoms with Crippen molar-refractivity contribution in [1.82, 2.24) is 9.47 Å². The number of aryl methyl sites for hydroxylation is 2. The van der Waals surface area contributed by atoms with Crippen LogP contribution >= 0.6 is 0 Å². The number of carbonyl (C=O) groups is 1. The highest BCUT2D eigenvalue weighted by molar-refractivity contribution is 6.06. The maximum absolute atomic E-state index is 12.0. The number of nitrogens with zero attached hydrogens (tertiary/aromatic N) is 2. The molecule has 3 heteroatoms. The average molecular weight is 415 g/mol. The van der Waals surface area contributed by atoms with Crippen molar-refractivity contribution in [2.24, 2.45) is 5.92 Å². The van der Waals surface area contributed by atoms with Gasteiger partial charge < -0.3 is 4.57 Å². The first-order valence-electron chi connectivity index (χ1n) is 12.1. The Kier molecular flexibility index (Phi) is 5.95. The Hall–Kier alpha value is -2.39. The summed E-state index contributed by atoms with van der Waals surface area (Å²) >= 11 is 0. The van der Waals surface area contributed by atoms with E-state index in [1.54, 1.807) is 6.92 Å². The normalized spacial score (nSPS) is 23.5. The molecular formula is C28H34N2O. The lowest BCUT2D eigenvalue weighted by Crippen LogP contribution is -2.43. The van der Waals surface area contributed by atoms with Crippen LogP contribution in [0.15, 0.2) is 60.8 Å². The fourth-order valence-electron chi connectivity index (χ4n) is 6.14. The number of hydrogen-bond donors (Lipinski definition) is 0. The molecule has 162 valence electrons. The fourth-order valence-corrected chi connectivity index (χ4v) is 6.14. The van der Waals surface area contributed by atoms with Gasteiger partial charge in [0.1, 0.15) is 0 Å². The Balaban J connectivity index is 1.16. The largest absolute Gasteiger partial charge is 0.347 e. The summed E-state index contributed by atoms with van der Waals surface area (Å²) in [5.41, 5.74) is 3.53. The van der Waals surface area contributed by atoms with Crippen LogP contribution in [-0.2, 0) is 13.0 Å².